The molecule has 594 valence electrons. The second-order valence-electron chi connectivity index (χ2n) is 34.0. The van der Waals surface area contributed by atoms with Crippen LogP contribution in [-0.4, -0.2) is 191 Å². The summed E-state index contributed by atoms with van der Waals surface area (Å²) in [5.41, 5.74) is -6.41. The maximum absolute atomic E-state index is 14.6. The van der Waals surface area contributed by atoms with Crippen molar-refractivity contribution in [2.24, 2.45) is 41.4 Å². The summed E-state index contributed by atoms with van der Waals surface area (Å²) in [6, 6.07) is -3.07. The number of halogens is 1. The monoisotopic (exact) mass is 1480 g/mol. The van der Waals surface area contributed by atoms with Gasteiger partial charge in [0, 0.05) is 37.7 Å². The summed E-state index contributed by atoms with van der Waals surface area (Å²) in [7, 11) is 3.78. The van der Waals surface area contributed by atoms with Crippen molar-refractivity contribution in [3.63, 3.8) is 0 Å². The van der Waals surface area contributed by atoms with Crippen LogP contribution >= 0.6 is 0 Å². The molecule has 105 heavy (non-hydrogen) atoms. The number of nitrogens with one attached hydrogen (secondary N) is 12. The average Bonchev–Trinajstić information content (AvgIpc) is 1.72. The van der Waals surface area contributed by atoms with Gasteiger partial charge in [0.25, 0.3) is 5.91 Å². The lowest BCUT2D eigenvalue weighted by Gasteiger charge is -2.34. The smallest absolute Gasteiger partial charge is 0.254 e. The van der Waals surface area contributed by atoms with Crippen LogP contribution in [0.25, 0.3) is 0 Å². The molecule has 1 heterocycles. The Bertz CT molecular complexity index is 3130. The molecule has 1 saturated carbocycles. The van der Waals surface area contributed by atoms with Crippen LogP contribution in [0.5, 0.6) is 0 Å². The van der Waals surface area contributed by atoms with E-state index in [2.05, 4.69) is 63.8 Å². The Morgan fingerprint density at radius 2 is 0.857 bits per heavy atom. The molecule has 1 saturated heterocycles. The van der Waals surface area contributed by atoms with Crippen molar-refractivity contribution in [3.05, 3.63) is 35.6 Å². The number of carbonyl (C=O) groups excluding carboxylic acids is 13. The van der Waals surface area contributed by atoms with Gasteiger partial charge in [0.1, 0.15) is 70.3 Å². The number of hydrogen-bond donors (Lipinski definition) is 12. The molecule has 3 rings (SSSR count). The van der Waals surface area contributed by atoms with Gasteiger partial charge in [-0.05, 0) is 193 Å². The SMILES string of the molecule is CC(C)C[C@H](NC(=O)[C@H](CC(C)C)NC(=O)C(C)(C)NC(=O)C(C)(C)NC(=O)[C@H](CC(C)C)NC(=O)[C@H](CC(C)C)NC(=O)C(C)(C)NC(=O)[C@H](CC(C)C)NC(=O)[C@H](CCC1CCCCC1)NC(=O)[C@@H]1C[C@H](C)CN1C(=O)c1ccc(F)cc1)C(=O)NC(C)(C)C(=O)NCCC(=O)N[C@@H](C)CN(C)C. The van der Waals surface area contributed by atoms with Gasteiger partial charge in [-0.15, -0.1) is 0 Å². The topological polar surface area (TPSA) is 373 Å². The van der Waals surface area contributed by atoms with E-state index in [0.717, 1.165) is 32.1 Å². The third kappa shape index (κ3) is 31.3. The van der Waals surface area contributed by atoms with Gasteiger partial charge in [0.05, 0.1) is 0 Å². The van der Waals surface area contributed by atoms with Crippen molar-refractivity contribution in [1.82, 2.24) is 73.6 Å². The predicted octanol–water partition coefficient (Wildman–Crippen LogP) is 5.33. The lowest BCUT2D eigenvalue weighted by molar-refractivity contribution is -0.140. The predicted molar refractivity (Wildman–Crippen MR) is 402 cm³/mol. The second kappa shape index (κ2) is 41.4. The number of rotatable bonds is 41. The Hall–Kier alpha value is -7.78. The van der Waals surface area contributed by atoms with Crippen LogP contribution < -0.4 is 63.8 Å². The first-order valence-electron chi connectivity index (χ1n) is 37.9. The molecule has 0 bridgehead atoms. The molecule has 0 unspecified atom stereocenters. The van der Waals surface area contributed by atoms with Crippen LogP contribution in [0.3, 0.4) is 0 Å². The van der Waals surface area contributed by atoms with Crippen molar-refractivity contribution in [2.75, 3.05) is 33.7 Å². The molecule has 0 aromatic heterocycles. The van der Waals surface area contributed by atoms with Crippen LogP contribution in [0.1, 0.15) is 239 Å². The van der Waals surface area contributed by atoms with Crippen molar-refractivity contribution in [3.8, 4) is 0 Å². The highest BCUT2D eigenvalue weighted by atomic mass is 19.1. The van der Waals surface area contributed by atoms with Crippen molar-refractivity contribution in [1.29, 1.82) is 0 Å². The summed E-state index contributed by atoms with van der Waals surface area (Å²) >= 11 is 0. The molecule has 0 radical (unpaired) electrons. The summed E-state index contributed by atoms with van der Waals surface area (Å²) in [6.07, 6.45) is 7.00. The molecule has 12 N–H and O–H groups in total. The van der Waals surface area contributed by atoms with Crippen molar-refractivity contribution < 1.29 is 66.7 Å². The molecule has 0 spiro atoms. The largest absolute Gasteiger partial charge is 0.354 e. The van der Waals surface area contributed by atoms with E-state index in [-0.39, 0.29) is 111 Å². The number of hydrogen-bond acceptors (Lipinski definition) is 14. The van der Waals surface area contributed by atoms with E-state index in [0.29, 0.717) is 25.3 Å². The first kappa shape index (κ1) is 91.4. The zero-order valence-corrected chi connectivity index (χ0v) is 67.1. The van der Waals surface area contributed by atoms with Crippen molar-refractivity contribution in [2.45, 2.75) is 299 Å². The molecule has 9 atom stereocenters. The van der Waals surface area contributed by atoms with E-state index in [1.165, 1.54) is 84.6 Å². The van der Waals surface area contributed by atoms with Crippen LogP contribution in [0.2, 0.25) is 0 Å². The van der Waals surface area contributed by atoms with Gasteiger partial charge in [-0.25, -0.2) is 4.39 Å². The zero-order valence-electron chi connectivity index (χ0n) is 67.1. The highest BCUT2D eigenvalue weighted by Crippen LogP contribution is 2.30. The van der Waals surface area contributed by atoms with E-state index >= 15 is 0 Å². The molecule has 13 amide bonds. The van der Waals surface area contributed by atoms with E-state index in [1.54, 1.807) is 0 Å². The number of carbonyl (C=O) groups is 13. The molecular formula is C77H131FN14O13. The molecule has 1 aromatic rings. The van der Waals surface area contributed by atoms with Gasteiger partial charge in [0.2, 0.25) is 70.9 Å². The third-order valence-corrected chi connectivity index (χ3v) is 18.8. The highest BCUT2D eigenvalue weighted by Gasteiger charge is 2.44. The number of likely N-dealkylation sites (tertiary alicyclic amines) is 1. The molecule has 1 aliphatic heterocycles. The van der Waals surface area contributed by atoms with Crippen LogP contribution in [-0.2, 0) is 57.5 Å². The minimum absolute atomic E-state index is 0.0104. The molecule has 2 aliphatic rings. The fourth-order valence-corrected chi connectivity index (χ4v) is 13.0. The van der Waals surface area contributed by atoms with Crippen molar-refractivity contribution >= 4 is 76.8 Å². The summed E-state index contributed by atoms with van der Waals surface area (Å²) in [6.45, 7) is 34.7. The standard InChI is InChI=1S/C77H131FN14O13/c1-44(2)36-55(85-71(103)75(15,16)88-66(98)57(38-46(5)6)82-62(94)54(33-28-51-26-24-23-25-27-51)81-68(100)60-41-49(11)42-92(60)69(101)52-29-31-53(78)32-30-52)63(95)84-59(40-48(9)10)67(99)89-77(19,20)73(105)90-76(17,18)72(104)86-56(37-45(3)4)64(96)83-58(39-47(7)8)65(97)87-74(13,14)70(102)79-35-34-61(93)80-50(12)43-91(21)22/h29-32,44-51,54-60H,23-28,33-43H2,1-22H3,(H,79,102)(H,80,93)(H,81,100)(H,82,94)(H,83,96)(H,84,95)(H,85,103)(H,86,104)(H,87,97)(H,88,98)(H,89,99)(H,90,105)/t49-,50-,54-,55-,56-,57-,58-,59-,60-/m0/s1. The van der Waals surface area contributed by atoms with Crippen LogP contribution in [0, 0.1) is 47.2 Å². The van der Waals surface area contributed by atoms with Gasteiger partial charge >= 0.3 is 0 Å². The Balaban J connectivity index is 1.77. The van der Waals surface area contributed by atoms with Gasteiger partial charge in [-0.2, -0.15) is 0 Å². The lowest BCUT2D eigenvalue weighted by atomic mass is 9.85. The van der Waals surface area contributed by atoms with Gasteiger partial charge in [-0.3, -0.25) is 62.3 Å². The molecule has 27 nitrogen and oxygen atoms in total. The Morgan fingerprint density at radius 1 is 0.476 bits per heavy atom. The Labute approximate surface area is 624 Å². The second-order valence-corrected chi connectivity index (χ2v) is 34.0. The van der Waals surface area contributed by atoms with E-state index in [1.807, 2.05) is 102 Å². The number of nitrogens with zero attached hydrogens (tertiary/aromatic N) is 2. The Kier molecular flexibility index (Phi) is 36.0. The summed E-state index contributed by atoms with van der Waals surface area (Å²) in [4.78, 5) is 186. The van der Waals surface area contributed by atoms with Gasteiger partial charge in [0.15, 0.2) is 0 Å². The molecule has 1 aromatic carbocycles. The number of benzene rings is 1. The first-order chi connectivity index (χ1) is 48.5. The van der Waals surface area contributed by atoms with Gasteiger partial charge < -0.3 is 73.6 Å². The van der Waals surface area contributed by atoms with Gasteiger partial charge in [-0.1, -0.05) is 108 Å². The summed E-state index contributed by atoms with van der Waals surface area (Å²) in [5.74, 6) is -9.30. The van der Waals surface area contributed by atoms with E-state index in [4.69, 9.17) is 0 Å². The van der Waals surface area contributed by atoms with Crippen LogP contribution in [0.15, 0.2) is 24.3 Å². The zero-order chi connectivity index (χ0) is 79.8. The molecule has 2 fully saturated rings. The maximum Gasteiger partial charge on any atom is 0.254 e. The van der Waals surface area contributed by atoms with Crippen LogP contribution in [0.4, 0.5) is 4.39 Å². The average molecular weight is 1480 g/mol. The normalized spacial score (nSPS) is 17.3. The van der Waals surface area contributed by atoms with E-state index in [9.17, 15) is 66.7 Å². The highest BCUT2D eigenvalue weighted by molar-refractivity contribution is 6.02. The first-order valence-corrected chi connectivity index (χ1v) is 37.9. The number of likely N-dealkylation sites (N-methyl/N-ethyl adjacent to an activating group) is 1. The lowest BCUT2D eigenvalue weighted by Crippen LogP contribution is -2.66. The minimum atomic E-state index is -1.74. The fourth-order valence-electron chi connectivity index (χ4n) is 13.0. The molecular weight excluding hydrogens is 1350 g/mol. The summed E-state index contributed by atoms with van der Waals surface area (Å²) < 4.78 is 13.9. The quantitative estimate of drug-likeness (QED) is 0.0395. The minimum Gasteiger partial charge on any atom is -0.354 e. The fraction of sp³-hybridized carbons (Fsp3) is 0.753. The van der Waals surface area contributed by atoms with E-state index < -0.39 is 141 Å². The molecule has 1 aliphatic carbocycles. The third-order valence-electron chi connectivity index (χ3n) is 18.8. The maximum atomic E-state index is 14.6. The molecule has 28 heteroatoms. The Morgan fingerprint density at radius 3 is 1.27 bits per heavy atom. The number of amides is 13. The summed E-state index contributed by atoms with van der Waals surface area (Å²) in [5, 5.41) is 33.5.